The van der Waals surface area contributed by atoms with Crippen molar-refractivity contribution in [3.05, 3.63) is 33.9 Å². The van der Waals surface area contributed by atoms with Gasteiger partial charge < -0.3 is 10.6 Å². The molecule has 128 valence electrons. The summed E-state index contributed by atoms with van der Waals surface area (Å²) >= 11 is 0. The Morgan fingerprint density at radius 1 is 1.25 bits per heavy atom. The molecule has 2 rings (SSSR count). The minimum atomic E-state index is -0.813. The van der Waals surface area contributed by atoms with Crippen LogP contribution in [0, 0.1) is 13.8 Å². The predicted octanol–water partition coefficient (Wildman–Crippen LogP) is 0.426. The highest BCUT2D eigenvalue weighted by Gasteiger charge is 2.19. The number of rotatable bonds is 4. The average Bonchev–Trinajstić information content (AvgIpc) is 2.86. The number of nitrogens with one attached hydrogen (secondary N) is 3. The molecule has 2 heterocycles. The number of aromatic nitrogens is 4. The van der Waals surface area contributed by atoms with Crippen LogP contribution in [0.3, 0.4) is 0 Å². The van der Waals surface area contributed by atoms with Crippen LogP contribution in [0.5, 0.6) is 0 Å². The van der Waals surface area contributed by atoms with Gasteiger partial charge in [-0.05, 0) is 27.2 Å². The lowest BCUT2D eigenvalue weighted by Gasteiger charge is -2.11. The first-order valence-electron chi connectivity index (χ1n) is 7.57. The first-order valence-corrected chi connectivity index (χ1v) is 7.57. The Balaban J connectivity index is 2.27. The first-order chi connectivity index (χ1) is 11.3. The van der Waals surface area contributed by atoms with Gasteiger partial charge in [-0.25, -0.2) is 4.98 Å². The highest BCUT2D eigenvalue weighted by Crippen LogP contribution is 2.13. The fraction of sp³-hybridized carbons (Fsp3) is 0.400. The van der Waals surface area contributed by atoms with E-state index in [9.17, 15) is 14.4 Å². The fourth-order valence-corrected chi connectivity index (χ4v) is 1.98. The Morgan fingerprint density at radius 2 is 1.96 bits per heavy atom. The highest BCUT2D eigenvalue weighted by atomic mass is 16.2. The summed E-state index contributed by atoms with van der Waals surface area (Å²) < 4.78 is 1.28. The molecule has 9 heteroatoms. The van der Waals surface area contributed by atoms with Crippen molar-refractivity contribution in [3.63, 3.8) is 0 Å². The number of anilines is 1. The largest absolute Gasteiger partial charge is 0.345 e. The third kappa shape index (κ3) is 4.06. The van der Waals surface area contributed by atoms with Gasteiger partial charge in [-0.15, -0.1) is 0 Å². The number of H-pyrrole nitrogens is 1. The zero-order valence-electron chi connectivity index (χ0n) is 14.0. The molecule has 9 nitrogen and oxygen atoms in total. The molecule has 2 aromatic heterocycles. The maximum Gasteiger partial charge on any atom is 0.314 e. The van der Waals surface area contributed by atoms with Crippen LogP contribution in [0.2, 0.25) is 0 Å². The van der Waals surface area contributed by atoms with E-state index in [1.807, 2.05) is 6.92 Å². The fourth-order valence-electron chi connectivity index (χ4n) is 1.98. The Bertz CT molecular complexity index is 823. The lowest BCUT2D eigenvalue weighted by Crippen LogP contribution is -2.40. The Labute approximate surface area is 138 Å². The molecule has 1 atom stereocenters. The van der Waals surface area contributed by atoms with Gasteiger partial charge in [0.15, 0.2) is 0 Å². The molecule has 0 aromatic carbocycles. The lowest BCUT2D eigenvalue weighted by atomic mass is 10.2. The molecule has 0 aliphatic carbocycles. The summed E-state index contributed by atoms with van der Waals surface area (Å²) in [4.78, 5) is 42.2. The second-order valence-electron chi connectivity index (χ2n) is 5.53. The van der Waals surface area contributed by atoms with Crippen LogP contribution in [0.4, 0.5) is 5.82 Å². The molecule has 0 unspecified atom stereocenters. The van der Waals surface area contributed by atoms with Gasteiger partial charge in [0.1, 0.15) is 5.82 Å². The maximum atomic E-state index is 12.0. The van der Waals surface area contributed by atoms with Crippen molar-refractivity contribution < 1.29 is 9.59 Å². The monoisotopic (exact) mass is 332 g/mol. The van der Waals surface area contributed by atoms with Gasteiger partial charge in [-0.1, -0.05) is 6.92 Å². The number of aryl methyl sites for hydroxylation is 2. The molecule has 0 spiro atoms. The standard InChI is InChI=1S/C15H20N6O3/c1-5-8(2)16-13(23)14(24)18-11-6-10(4)20-21(11)15-17-9(3)7-12(22)19-15/h6-8H,5H2,1-4H3,(H,16,23)(H,18,24)(H,17,19,22)/t8-/m0/s1. The Kier molecular flexibility index (Phi) is 5.12. The summed E-state index contributed by atoms with van der Waals surface area (Å²) in [5.74, 6) is -1.15. The van der Waals surface area contributed by atoms with Crippen LogP contribution in [0.1, 0.15) is 31.7 Å². The molecule has 2 amide bonds. The zero-order chi connectivity index (χ0) is 17.9. The SMILES string of the molecule is CC[C@H](C)NC(=O)C(=O)Nc1cc(C)nn1-c1nc(C)cc(=O)[nH]1. The van der Waals surface area contributed by atoms with Crippen LogP contribution in [0.25, 0.3) is 5.95 Å². The molecule has 0 aliphatic rings. The normalized spacial score (nSPS) is 11.8. The van der Waals surface area contributed by atoms with E-state index >= 15 is 0 Å². The third-order valence-electron chi connectivity index (χ3n) is 3.33. The molecule has 0 radical (unpaired) electrons. The Hall–Kier alpha value is -2.97. The van der Waals surface area contributed by atoms with Crippen LogP contribution in [-0.2, 0) is 9.59 Å². The molecule has 0 bridgehead atoms. The van der Waals surface area contributed by atoms with E-state index in [0.717, 1.165) is 0 Å². The van der Waals surface area contributed by atoms with Gasteiger partial charge in [0.2, 0.25) is 5.95 Å². The van der Waals surface area contributed by atoms with Gasteiger partial charge in [0.25, 0.3) is 5.56 Å². The number of amides is 2. The van der Waals surface area contributed by atoms with E-state index in [2.05, 4.69) is 25.7 Å². The number of aromatic amines is 1. The highest BCUT2D eigenvalue weighted by molar-refractivity contribution is 6.39. The lowest BCUT2D eigenvalue weighted by molar-refractivity contribution is -0.136. The van der Waals surface area contributed by atoms with Crippen LogP contribution >= 0.6 is 0 Å². The number of hydrogen-bond acceptors (Lipinski definition) is 5. The number of hydrogen-bond donors (Lipinski definition) is 3. The smallest absolute Gasteiger partial charge is 0.314 e. The van der Waals surface area contributed by atoms with Gasteiger partial charge in [0, 0.05) is 23.9 Å². The van der Waals surface area contributed by atoms with E-state index in [-0.39, 0.29) is 23.4 Å². The molecule has 24 heavy (non-hydrogen) atoms. The number of carbonyl (C=O) groups excluding carboxylic acids is 2. The van der Waals surface area contributed by atoms with E-state index in [4.69, 9.17) is 0 Å². The number of nitrogens with zero attached hydrogens (tertiary/aromatic N) is 3. The molecule has 0 saturated carbocycles. The van der Waals surface area contributed by atoms with Crippen molar-refractivity contribution in [3.8, 4) is 5.95 Å². The maximum absolute atomic E-state index is 12.0. The average molecular weight is 332 g/mol. The minimum Gasteiger partial charge on any atom is -0.345 e. The Morgan fingerprint density at radius 3 is 2.58 bits per heavy atom. The van der Waals surface area contributed by atoms with Crippen molar-refractivity contribution in [2.75, 3.05) is 5.32 Å². The minimum absolute atomic E-state index is 0.107. The van der Waals surface area contributed by atoms with Crippen molar-refractivity contribution in [2.45, 2.75) is 40.2 Å². The second kappa shape index (κ2) is 7.07. The van der Waals surface area contributed by atoms with E-state index in [1.165, 1.54) is 10.7 Å². The van der Waals surface area contributed by atoms with Crippen LogP contribution in [0.15, 0.2) is 16.9 Å². The van der Waals surface area contributed by atoms with Gasteiger partial charge >= 0.3 is 11.8 Å². The molecular formula is C15H20N6O3. The second-order valence-corrected chi connectivity index (χ2v) is 5.53. The van der Waals surface area contributed by atoms with Crippen LogP contribution < -0.4 is 16.2 Å². The van der Waals surface area contributed by atoms with Gasteiger partial charge in [-0.3, -0.25) is 19.4 Å². The van der Waals surface area contributed by atoms with Crippen molar-refractivity contribution in [1.82, 2.24) is 25.1 Å². The summed E-state index contributed by atoms with van der Waals surface area (Å²) in [6, 6.07) is 2.82. The van der Waals surface area contributed by atoms with E-state index in [0.29, 0.717) is 17.8 Å². The topological polar surface area (TPSA) is 122 Å². The molecular weight excluding hydrogens is 312 g/mol. The van der Waals surface area contributed by atoms with Crippen molar-refractivity contribution >= 4 is 17.6 Å². The molecule has 3 N–H and O–H groups in total. The summed E-state index contributed by atoms with van der Waals surface area (Å²) in [7, 11) is 0. The molecule has 0 aliphatic heterocycles. The quantitative estimate of drug-likeness (QED) is 0.701. The van der Waals surface area contributed by atoms with Gasteiger partial charge in [-0.2, -0.15) is 9.78 Å². The molecule has 0 saturated heterocycles. The van der Waals surface area contributed by atoms with Crippen molar-refractivity contribution in [2.24, 2.45) is 0 Å². The number of carbonyl (C=O) groups is 2. The zero-order valence-corrected chi connectivity index (χ0v) is 14.0. The summed E-state index contributed by atoms with van der Waals surface area (Å²) in [6.07, 6.45) is 0.713. The third-order valence-corrected chi connectivity index (χ3v) is 3.33. The summed E-state index contributed by atoms with van der Waals surface area (Å²) in [5, 5.41) is 9.26. The van der Waals surface area contributed by atoms with E-state index in [1.54, 1.807) is 26.8 Å². The van der Waals surface area contributed by atoms with Gasteiger partial charge in [0.05, 0.1) is 5.69 Å². The first kappa shape index (κ1) is 17.4. The predicted molar refractivity (Wildman–Crippen MR) is 88.0 cm³/mol. The van der Waals surface area contributed by atoms with Crippen molar-refractivity contribution in [1.29, 1.82) is 0 Å². The molecule has 0 fully saturated rings. The molecule has 2 aromatic rings. The van der Waals surface area contributed by atoms with Crippen LogP contribution in [-0.4, -0.2) is 37.6 Å². The summed E-state index contributed by atoms with van der Waals surface area (Å²) in [5.41, 5.74) is 0.767. The van der Waals surface area contributed by atoms with E-state index < -0.39 is 11.8 Å². The summed E-state index contributed by atoms with van der Waals surface area (Å²) in [6.45, 7) is 7.11.